The summed E-state index contributed by atoms with van der Waals surface area (Å²) in [7, 11) is 0. The van der Waals surface area contributed by atoms with Crippen LogP contribution in [0, 0.1) is 13.8 Å². The van der Waals surface area contributed by atoms with Gasteiger partial charge in [-0.3, -0.25) is 0 Å². The number of aryl methyl sites for hydroxylation is 2. The smallest absolute Gasteiger partial charge is 0.0476 e. The fourth-order valence-corrected chi connectivity index (χ4v) is 3.13. The van der Waals surface area contributed by atoms with Gasteiger partial charge in [0.15, 0.2) is 0 Å². The quantitative estimate of drug-likeness (QED) is 0.433. The van der Waals surface area contributed by atoms with Crippen LogP contribution in [0.3, 0.4) is 0 Å². The molecule has 0 saturated heterocycles. The summed E-state index contributed by atoms with van der Waals surface area (Å²) in [5, 5.41) is 3.58. The van der Waals surface area contributed by atoms with Crippen LogP contribution in [0.2, 0.25) is 0 Å². The first kappa shape index (κ1) is 17.1. The van der Waals surface area contributed by atoms with Crippen molar-refractivity contribution in [3.8, 4) is 0 Å². The Balaban J connectivity index is 0.000000164. The summed E-state index contributed by atoms with van der Waals surface area (Å²) in [6, 6.07) is 21.2. The van der Waals surface area contributed by atoms with Crippen molar-refractivity contribution in [2.45, 2.75) is 25.1 Å². The van der Waals surface area contributed by atoms with Gasteiger partial charge in [0.2, 0.25) is 0 Å². The van der Waals surface area contributed by atoms with E-state index in [1.54, 1.807) is 0 Å². The standard InChI is InChI=1S/C11H9Br.C9H11Cl/c12-8-10-6-3-5-9-4-1-2-7-11(9)10;1-7-3-4-8(2)9(5-7)6-10/h1-7H,8H2;3-5H,6H2,1-2H3. The average molecular weight is 376 g/mol. The molecule has 0 nitrogen and oxygen atoms in total. The van der Waals surface area contributed by atoms with Crippen LogP contribution in [0.25, 0.3) is 10.8 Å². The Morgan fingerprint density at radius 3 is 2.27 bits per heavy atom. The van der Waals surface area contributed by atoms with Gasteiger partial charge in [-0.1, -0.05) is 82.2 Å². The van der Waals surface area contributed by atoms with E-state index in [2.05, 4.69) is 90.4 Å². The van der Waals surface area contributed by atoms with Crippen LogP contribution in [-0.4, -0.2) is 0 Å². The van der Waals surface area contributed by atoms with Gasteiger partial charge in [-0.15, -0.1) is 11.6 Å². The summed E-state index contributed by atoms with van der Waals surface area (Å²) in [5.41, 5.74) is 5.15. The lowest BCUT2D eigenvalue weighted by atomic mass is 10.1. The molecule has 0 atom stereocenters. The minimum Gasteiger partial charge on any atom is -0.122 e. The van der Waals surface area contributed by atoms with E-state index < -0.39 is 0 Å². The molecule has 22 heavy (non-hydrogen) atoms. The van der Waals surface area contributed by atoms with Crippen LogP contribution in [0.1, 0.15) is 22.3 Å². The van der Waals surface area contributed by atoms with Crippen LogP contribution in [-0.2, 0) is 11.2 Å². The topological polar surface area (TPSA) is 0 Å². The molecule has 2 heteroatoms. The Morgan fingerprint density at radius 1 is 0.864 bits per heavy atom. The molecule has 0 saturated carbocycles. The van der Waals surface area contributed by atoms with Gasteiger partial charge < -0.3 is 0 Å². The molecule has 0 fully saturated rings. The Morgan fingerprint density at radius 2 is 1.59 bits per heavy atom. The first-order valence-electron chi connectivity index (χ1n) is 7.30. The minimum atomic E-state index is 0.619. The molecule has 0 radical (unpaired) electrons. The number of hydrogen-bond donors (Lipinski definition) is 0. The fourth-order valence-electron chi connectivity index (χ4n) is 2.35. The maximum absolute atomic E-state index is 5.70. The van der Waals surface area contributed by atoms with Crippen LogP contribution in [0.4, 0.5) is 0 Å². The van der Waals surface area contributed by atoms with Gasteiger partial charge in [0.1, 0.15) is 0 Å². The molecule has 0 aliphatic rings. The van der Waals surface area contributed by atoms with Crippen LogP contribution in [0.5, 0.6) is 0 Å². The summed E-state index contributed by atoms with van der Waals surface area (Å²) in [5.74, 6) is 0.619. The lowest BCUT2D eigenvalue weighted by molar-refractivity contribution is 1.27. The number of benzene rings is 3. The van der Waals surface area contributed by atoms with E-state index >= 15 is 0 Å². The summed E-state index contributed by atoms with van der Waals surface area (Å²) in [6.07, 6.45) is 0. The second-order valence-corrected chi connectivity index (χ2v) is 6.16. The molecule has 3 aromatic carbocycles. The number of rotatable bonds is 2. The Hall–Kier alpha value is -1.31. The lowest BCUT2D eigenvalue weighted by Gasteiger charge is -2.01. The fraction of sp³-hybridized carbons (Fsp3) is 0.200. The van der Waals surface area contributed by atoms with E-state index in [9.17, 15) is 0 Å². The molecular weight excluding hydrogens is 356 g/mol. The molecule has 0 bridgehead atoms. The Kier molecular flexibility index (Phi) is 6.48. The molecule has 0 amide bonds. The van der Waals surface area contributed by atoms with Crippen molar-refractivity contribution in [3.63, 3.8) is 0 Å². The van der Waals surface area contributed by atoms with Crippen molar-refractivity contribution in [3.05, 3.63) is 82.9 Å². The largest absolute Gasteiger partial charge is 0.122 e. The third-order valence-electron chi connectivity index (χ3n) is 3.67. The third-order valence-corrected chi connectivity index (χ3v) is 4.56. The first-order chi connectivity index (χ1) is 10.7. The van der Waals surface area contributed by atoms with Crippen molar-refractivity contribution in [1.29, 1.82) is 0 Å². The monoisotopic (exact) mass is 374 g/mol. The summed E-state index contributed by atoms with van der Waals surface area (Å²) in [4.78, 5) is 0. The summed E-state index contributed by atoms with van der Waals surface area (Å²) < 4.78 is 0. The molecule has 0 N–H and O–H groups in total. The van der Waals surface area contributed by atoms with E-state index in [0.29, 0.717) is 5.88 Å². The number of alkyl halides is 2. The maximum Gasteiger partial charge on any atom is 0.0476 e. The molecule has 0 unspecified atom stereocenters. The highest BCUT2D eigenvalue weighted by atomic mass is 79.9. The normalized spacial score (nSPS) is 10.2. The zero-order valence-corrected chi connectivity index (χ0v) is 15.3. The zero-order chi connectivity index (χ0) is 15.9. The Labute approximate surface area is 146 Å². The van der Waals surface area contributed by atoms with Crippen molar-refractivity contribution >= 4 is 38.3 Å². The molecule has 0 heterocycles. The minimum absolute atomic E-state index is 0.619. The molecule has 114 valence electrons. The predicted octanol–water partition coefficient (Wildman–Crippen LogP) is 6.78. The maximum atomic E-state index is 5.70. The van der Waals surface area contributed by atoms with E-state index in [1.165, 1.54) is 33.0 Å². The molecule has 3 aromatic rings. The number of halogens is 2. The molecular formula is C20H20BrCl. The van der Waals surface area contributed by atoms with Gasteiger partial charge in [0.05, 0.1) is 0 Å². The average Bonchev–Trinajstić information content (AvgIpc) is 2.57. The molecule has 3 rings (SSSR count). The van der Waals surface area contributed by atoms with E-state index in [1.807, 2.05) is 0 Å². The second-order valence-electron chi connectivity index (χ2n) is 5.34. The number of hydrogen-bond acceptors (Lipinski definition) is 0. The van der Waals surface area contributed by atoms with Crippen LogP contribution in [0.15, 0.2) is 60.7 Å². The molecule has 0 aliphatic carbocycles. The first-order valence-corrected chi connectivity index (χ1v) is 8.96. The van der Waals surface area contributed by atoms with Gasteiger partial charge >= 0.3 is 0 Å². The van der Waals surface area contributed by atoms with Crippen molar-refractivity contribution in [2.24, 2.45) is 0 Å². The molecule has 0 spiro atoms. The SMILES string of the molecule is BrCc1cccc2ccccc12.Cc1ccc(C)c(CCl)c1. The highest BCUT2D eigenvalue weighted by Crippen LogP contribution is 2.20. The van der Waals surface area contributed by atoms with Gasteiger partial charge in [0.25, 0.3) is 0 Å². The van der Waals surface area contributed by atoms with Gasteiger partial charge in [-0.25, -0.2) is 0 Å². The van der Waals surface area contributed by atoms with Crippen LogP contribution < -0.4 is 0 Å². The van der Waals surface area contributed by atoms with Crippen molar-refractivity contribution in [1.82, 2.24) is 0 Å². The van der Waals surface area contributed by atoms with E-state index in [0.717, 1.165) is 5.33 Å². The number of fused-ring (bicyclic) bond motifs is 1. The van der Waals surface area contributed by atoms with Gasteiger partial charge in [0, 0.05) is 11.2 Å². The summed E-state index contributed by atoms with van der Waals surface area (Å²) in [6.45, 7) is 4.16. The predicted molar refractivity (Wildman–Crippen MR) is 102 cm³/mol. The van der Waals surface area contributed by atoms with Gasteiger partial charge in [-0.05, 0) is 41.3 Å². The highest BCUT2D eigenvalue weighted by Gasteiger charge is 1.96. The Bertz CT molecular complexity index is 744. The third kappa shape index (κ3) is 4.34. The van der Waals surface area contributed by atoms with Gasteiger partial charge in [-0.2, -0.15) is 0 Å². The lowest BCUT2D eigenvalue weighted by Crippen LogP contribution is -1.84. The second kappa shape index (κ2) is 8.36. The highest BCUT2D eigenvalue weighted by molar-refractivity contribution is 9.08. The van der Waals surface area contributed by atoms with Crippen molar-refractivity contribution < 1.29 is 0 Å². The zero-order valence-electron chi connectivity index (χ0n) is 12.9. The van der Waals surface area contributed by atoms with E-state index in [-0.39, 0.29) is 0 Å². The van der Waals surface area contributed by atoms with Crippen LogP contribution >= 0.6 is 27.5 Å². The van der Waals surface area contributed by atoms with E-state index in [4.69, 9.17) is 11.6 Å². The molecule has 0 aliphatic heterocycles. The molecule has 0 aromatic heterocycles. The van der Waals surface area contributed by atoms with Crippen molar-refractivity contribution in [2.75, 3.05) is 0 Å². The summed E-state index contributed by atoms with van der Waals surface area (Å²) >= 11 is 9.18.